The van der Waals surface area contributed by atoms with E-state index in [1.807, 2.05) is 24.3 Å². The molecule has 0 atom stereocenters. The first-order chi connectivity index (χ1) is 24.8. The summed E-state index contributed by atoms with van der Waals surface area (Å²) in [6.45, 7) is 0. The number of aromatic nitrogens is 2. The van der Waals surface area contributed by atoms with Crippen LogP contribution in [0, 0.1) is 11.3 Å². The monoisotopic (exact) mass is 635 g/mol. The molecule has 0 fully saturated rings. The number of rotatable bonds is 4. The lowest BCUT2D eigenvalue weighted by Gasteiger charge is -2.13. The van der Waals surface area contributed by atoms with Crippen LogP contribution in [0.4, 0.5) is 0 Å². The molecule has 232 valence electrons. The standard InChI is InChI=1S/C47H29N3/c48-30-35-24-27-45(38-13-5-4-12-37(35)38)50-44-17-9-7-15-40(44)42-29-34(23-26-47(42)50)32-20-18-31(19-21-32)33-22-25-46-41(28-33)39-14-6-8-16-43(39)49(46)36-10-2-1-3-11-36/h1-29H. The second-order valence-electron chi connectivity index (χ2n) is 12.9. The van der Waals surface area contributed by atoms with E-state index in [0.717, 1.165) is 27.5 Å². The molecule has 10 aromatic rings. The maximum atomic E-state index is 9.78. The van der Waals surface area contributed by atoms with Crippen molar-refractivity contribution in [2.24, 2.45) is 0 Å². The van der Waals surface area contributed by atoms with Crippen molar-refractivity contribution < 1.29 is 0 Å². The molecule has 2 heterocycles. The fraction of sp³-hybridized carbons (Fsp3) is 0. The van der Waals surface area contributed by atoms with Gasteiger partial charge in [0.15, 0.2) is 0 Å². The maximum Gasteiger partial charge on any atom is 0.0998 e. The van der Waals surface area contributed by atoms with Crippen LogP contribution in [0.3, 0.4) is 0 Å². The molecule has 0 spiro atoms. The third-order valence-corrected chi connectivity index (χ3v) is 10.2. The van der Waals surface area contributed by atoms with Gasteiger partial charge in [-0.2, -0.15) is 5.26 Å². The van der Waals surface area contributed by atoms with Gasteiger partial charge in [0.25, 0.3) is 0 Å². The molecule has 0 bridgehead atoms. The molecule has 0 N–H and O–H groups in total. The van der Waals surface area contributed by atoms with Gasteiger partial charge in [-0.1, -0.05) is 115 Å². The summed E-state index contributed by atoms with van der Waals surface area (Å²) in [5.74, 6) is 0. The molecule has 3 heteroatoms. The summed E-state index contributed by atoms with van der Waals surface area (Å²) < 4.78 is 4.69. The Morgan fingerprint density at radius 2 is 0.800 bits per heavy atom. The van der Waals surface area contributed by atoms with Crippen LogP contribution in [0.1, 0.15) is 5.56 Å². The van der Waals surface area contributed by atoms with E-state index in [1.54, 1.807) is 0 Å². The van der Waals surface area contributed by atoms with E-state index in [-0.39, 0.29) is 0 Å². The van der Waals surface area contributed by atoms with Crippen LogP contribution in [0.15, 0.2) is 176 Å². The van der Waals surface area contributed by atoms with Crippen LogP contribution in [-0.2, 0) is 0 Å². The molecule has 10 rings (SSSR count). The van der Waals surface area contributed by atoms with E-state index in [2.05, 4.69) is 167 Å². The average Bonchev–Trinajstić information content (AvgIpc) is 3.70. The van der Waals surface area contributed by atoms with Gasteiger partial charge in [-0.3, -0.25) is 0 Å². The first kappa shape index (κ1) is 28.2. The smallest absolute Gasteiger partial charge is 0.0998 e. The molecular weight excluding hydrogens is 607 g/mol. The molecule has 0 aliphatic heterocycles. The molecule has 0 saturated carbocycles. The number of nitrogens with zero attached hydrogens (tertiary/aromatic N) is 3. The van der Waals surface area contributed by atoms with Crippen molar-refractivity contribution in [2.45, 2.75) is 0 Å². The number of fused-ring (bicyclic) bond motifs is 7. The number of benzene rings is 8. The summed E-state index contributed by atoms with van der Waals surface area (Å²) in [5, 5.41) is 16.7. The van der Waals surface area contributed by atoms with E-state index in [4.69, 9.17) is 0 Å². The average molecular weight is 636 g/mol. The zero-order valence-corrected chi connectivity index (χ0v) is 27.1. The first-order valence-corrected chi connectivity index (χ1v) is 16.9. The quantitative estimate of drug-likeness (QED) is 0.189. The van der Waals surface area contributed by atoms with Gasteiger partial charge in [0.1, 0.15) is 0 Å². The zero-order valence-electron chi connectivity index (χ0n) is 27.1. The summed E-state index contributed by atoms with van der Waals surface area (Å²) >= 11 is 0. The minimum atomic E-state index is 0.690. The lowest BCUT2D eigenvalue weighted by Crippen LogP contribution is -1.96. The van der Waals surface area contributed by atoms with E-state index in [9.17, 15) is 5.26 Å². The molecule has 50 heavy (non-hydrogen) atoms. The van der Waals surface area contributed by atoms with Gasteiger partial charge in [0, 0.05) is 38.0 Å². The van der Waals surface area contributed by atoms with Crippen molar-refractivity contribution in [2.75, 3.05) is 0 Å². The predicted molar refractivity (Wildman–Crippen MR) is 208 cm³/mol. The normalized spacial score (nSPS) is 11.6. The molecule has 8 aromatic carbocycles. The van der Waals surface area contributed by atoms with Crippen LogP contribution in [0.25, 0.3) is 88.0 Å². The number of hydrogen-bond acceptors (Lipinski definition) is 1. The fourth-order valence-corrected chi connectivity index (χ4v) is 7.85. The van der Waals surface area contributed by atoms with Crippen LogP contribution in [0.2, 0.25) is 0 Å². The molecule has 0 amide bonds. The zero-order chi connectivity index (χ0) is 33.2. The van der Waals surface area contributed by atoms with Gasteiger partial charge in [0.05, 0.1) is 39.4 Å². The summed E-state index contributed by atoms with van der Waals surface area (Å²) in [6, 6.07) is 65.0. The van der Waals surface area contributed by atoms with Gasteiger partial charge in [0.2, 0.25) is 0 Å². The fourth-order valence-electron chi connectivity index (χ4n) is 7.85. The highest BCUT2D eigenvalue weighted by Gasteiger charge is 2.17. The summed E-state index contributed by atoms with van der Waals surface area (Å²) in [7, 11) is 0. The van der Waals surface area contributed by atoms with Crippen molar-refractivity contribution in [1.29, 1.82) is 5.26 Å². The van der Waals surface area contributed by atoms with E-state index < -0.39 is 0 Å². The molecular formula is C47H29N3. The van der Waals surface area contributed by atoms with Crippen LogP contribution >= 0.6 is 0 Å². The number of nitriles is 1. The van der Waals surface area contributed by atoms with Crippen molar-refractivity contribution in [3.8, 4) is 39.7 Å². The highest BCUT2D eigenvalue weighted by molar-refractivity contribution is 6.12. The first-order valence-electron chi connectivity index (χ1n) is 16.9. The third kappa shape index (κ3) is 4.23. The molecule has 0 unspecified atom stereocenters. The Labute approximate surface area is 289 Å². The van der Waals surface area contributed by atoms with E-state index in [1.165, 1.54) is 60.5 Å². The topological polar surface area (TPSA) is 33.6 Å². The van der Waals surface area contributed by atoms with Gasteiger partial charge in [-0.05, 0) is 82.9 Å². The maximum absolute atomic E-state index is 9.78. The number of hydrogen-bond donors (Lipinski definition) is 0. The highest BCUT2D eigenvalue weighted by Crippen LogP contribution is 2.39. The minimum Gasteiger partial charge on any atom is -0.309 e. The third-order valence-electron chi connectivity index (χ3n) is 10.2. The van der Waals surface area contributed by atoms with Gasteiger partial charge in [-0.15, -0.1) is 0 Å². The van der Waals surface area contributed by atoms with Crippen LogP contribution in [-0.4, -0.2) is 9.13 Å². The molecule has 2 aromatic heterocycles. The predicted octanol–water partition coefficient (Wildman–Crippen LogP) is 12.2. The molecule has 0 saturated heterocycles. The minimum absolute atomic E-state index is 0.690. The largest absolute Gasteiger partial charge is 0.309 e. The Balaban J connectivity index is 1.07. The highest BCUT2D eigenvalue weighted by atomic mass is 15.0. The van der Waals surface area contributed by atoms with Crippen molar-refractivity contribution >= 4 is 54.4 Å². The molecule has 0 radical (unpaired) electrons. The Kier molecular flexibility index (Phi) is 6.24. The molecule has 0 aliphatic rings. The summed E-state index contributed by atoms with van der Waals surface area (Å²) in [5.41, 5.74) is 12.4. The second-order valence-corrected chi connectivity index (χ2v) is 12.9. The van der Waals surface area contributed by atoms with E-state index >= 15 is 0 Å². The summed E-state index contributed by atoms with van der Waals surface area (Å²) in [4.78, 5) is 0. The van der Waals surface area contributed by atoms with Gasteiger partial charge < -0.3 is 9.13 Å². The van der Waals surface area contributed by atoms with Crippen molar-refractivity contribution in [3.63, 3.8) is 0 Å². The SMILES string of the molecule is N#Cc1ccc(-n2c3ccccc3c3cc(-c4ccc(-c5ccc6c(c5)c5ccccc5n6-c5ccccc5)cc4)ccc32)c2ccccc12. The Bertz CT molecular complexity index is 2970. The Morgan fingerprint density at radius 3 is 1.40 bits per heavy atom. The summed E-state index contributed by atoms with van der Waals surface area (Å²) in [6.07, 6.45) is 0. The van der Waals surface area contributed by atoms with Crippen molar-refractivity contribution in [1.82, 2.24) is 9.13 Å². The van der Waals surface area contributed by atoms with Gasteiger partial charge in [-0.25, -0.2) is 0 Å². The van der Waals surface area contributed by atoms with Crippen LogP contribution in [0.5, 0.6) is 0 Å². The van der Waals surface area contributed by atoms with Crippen LogP contribution < -0.4 is 0 Å². The molecule has 3 nitrogen and oxygen atoms in total. The van der Waals surface area contributed by atoms with Crippen molar-refractivity contribution in [3.05, 3.63) is 181 Å². The Hall–Kier alpha value is -6.89. The lowest BCUT2D eigenvalue weighted by atomic mass is 9.98. The molecule has 0 aliphatic carbocycles. The number of para-hydroxylation sites is 3. The lowest BCUT2D eigenvalue weighted by molar-refractivity contribution is 1.18. The van der Waals surface area contributed by atoms with Gasteiger partial charge >= 0.3 is 0 Å². The second kappa shape index (κ2) is 11.1. The van der Waals surface area contributed by atoms with E-state index in [0.29, 0.717) is 5.56 Å². The Morgan fingerprint density at radius 1 is 0.340 bits per heavy atom.